The van der Waals surface area contributed by atoms with Gasteiger partial charge in [-0.15, -0.1) is 0 Å². The van der Waals surface area contributed by atoms with Crippen molar-refractivity contribution in [3.05, 3.63) is 59.2 Å². The molecule has 0 saturated carbocycles. The second kappa shape index (κ2) is 6.62. The van der Waals surface area contributed by atoms with Gasteiger partial charge in [0.2, 0.25) is 0 Å². The fraction of sp³-hybridized carbons (Fsp3) is 0.125. The number of ether oxygens (including phenoxy) is 2. The van der Waals surface area contributed by atoms with Crippen molar-refractivity contribution in [3.63, 3.8) is 0 Å². The lowest BCUT2D eigenvalue weighted by Crippen LogP contribution is -2.12. The van der Waals surface area contributed by atoms with Crippen LogP contribution in [0.2, 0.25) is 0 Å². The summed E-state index contributed by atoms with van der Waals surface area (Å²) in [5.74, 6) is 1.06. The lowest BCUT2D eigenvalue weighted by Gasteiger charge is -2.12. The Hall–Kier alpha value is -3.02. The summed E-state index contributed by atoms with van der Waals surface area (Å²) in [5, 5.41) is 14.9. The molecule has 0 fully saturated rings. The first-order valence-corrected chi connectivity index (χ1v) is 6.60. The number of benzene rings is 2. The highest BCUT2D eigenvalue weighted by molar-refractivity contribution is 5.95. The number of hydrogen-bond acceptors (Lipinski definition) is 4. The van der Waals surface area contributed by atoms with Gasteiger partial charge in [0.1, 0.15) is 18.3 Å². The molecule has 2 rings (SSSR count). The van der Waals surface area contributed by atoms with Gasteiger partial charge in [-0.1, -0.05) is 18.2 Å². The molecule has 6 heteroatoms. The molecule has 0 spiro atoms. The molecular formula is C16H18N4O2. The van der Waals surface area contributed by atoms with Gasteiger partial charge in [0.15, 0.2) is 11.5 Å². The van der Waals surface area contributed by atoms with Crippen LogP contribution in [0.15, 0.2) is 42.5 Å². The third-order valence-electron chi connectivity index (χ3n) is 3.11. The molecule has 0 amide bonds. The number of nitrogen functional groups attached to an aromatic ring is 2. The Morgan fingerprint density at radius 1 is 0.955 bits per heavy atom. The molecule has 0 saturated heterocycles. The van der Waals surface area contributed by atoms with Crippen LogP contribution in [0.1, 0.15) is 16.7 Å². The van der Waals surface area contributed by atoms with Crippen LogP contribution >= 0.6 is 0 Å². The molecule has 6 N–H and O–H groups in total. The van der Waals surface area contributed by atoms with Crippen molar-refractivity contribution in [2.24, 2.45) is 11.5 Å². The highest BCUT2D eigenvalue weighted by Gasteiger charge is 2.08. The van der Waals surface area contributed by atoms with Gasteiger partial charge in [-0.3, -0.25) is 10.8 Å². The summed E-state index contributed by atoms with van der Waals surface area (Å²) >= 11 is 0. The van der Waals surface area contributed by atoms with Crippen LogP contribution in [0.5, 0.6) is 11.5 Å². The number of hydrogen-bond donors (Lipinski definition) is 4. The largest absolute Gasteiger partial charge is 0.493 e. The van der Waals surface area contributed by atoms with Crippen molar-refractivity contribution in [1.82, 2.24) is 0 Å². The van der Waals surface area contributed by atoms with Gasteiger partial charge in [-0.2, -0.15) is 0 Å². The summed E-state index contributed by atoms with van der Waals surface area (Å²) in [4.78, 5) is 0. The zero-order valence-corrected chi connectivity index (χ0v) is 12.2. The van der Waals surface area contributed by atoms with E-state index in [9.17, 15) is 0 Å². The molecule has 6 nitrogen and oxygen atoms in total. The van der Waals surface area contributed by atoms with Crippen molar-refractivity contribution >= 4 is 11.7 Å². The highest BCUT2D eigenvalue weighted by Crippen LogP contribution is 2.28. The van der Waals surface area contributed by atoms with E-state index in [0.29, 0.717) is 29.2 Å². The Labute approximate surface area is 128 Å². The van der Waals surface area contributed by atoms with Crippen LogP contribution in [0.4, 0.5) is 0 Å². The molecule has 0 aliphatic carbocycles. The zero-order chi connectivity index (χ0) is 16.1. The number of nitrogens with one attached hydrogen (secondary N) is 2. The minimum absolute atomic E-state index is 0.0187. The average molecular weight is 298 g/mol. The first-order chi connectivity index (χ1) is 10.5. The van der Waals surface area contributed by atoms with Crippen molar-refractivity contribution in [2.75, 3.05) is 7.11 Å². The van der Waals surface area contributed by atoms with E-state index in [-0.39, 0.29) is 11.7 Å². The SMILES string of the molecule is COc1cc(C(=N)N)ccc1OCc1cccc(C(=N)N)c1. The first-order valence-electron chi connectivity index (χ1n) is 6.60. The number of rotatable bonds is 6. The molecule has 0 aliphatic heterocycles. The Morgan fingerprint density at radius 3 is 2.27 bits per heavy atom. The topological polar surface area (TPSA) is 118 Å². The number of nitrogens with two attached hydrogens (primary N) is 2. The fourth-order valence-electron chi connectivity index (χ4n) is 1.94. The average Bonchev–Trinajstić information content (AvgIpc) is 2.52. The Balaban J connectivity index is 2.16. The molecular weight excluding hydrogens is 280 g/mol. The summed E-state index contributed by atoms with van der Waals surface area (Å²) in [6, 6.07) is 12.4. The molecule has 0 heterocycles. The summed E-state index contributed by atoms with van der Waals surface area (Å²) < 4.78 is 11.0. The molecule has 2 aromatic carbocycles. The summed E-state index contributed by atoms with van der Waals surface area (Å²) in [6.45, 7) is 0.316. The van der Waals surface area contributed by atoms with Crippen molar-refractivity contribution < 1.29 is 9.47 Å². The van der Waals surface area contributed by atoms with E-state index in [1.54, 1.807) is 30.3 Å². The van der Waals surface area contributed by atoms with Crippen LogP contribution in [0.25, 0.3) is 0 Å². The van der Waals surface area contributed by atoms with Gasteiger partial charge >= 0.3 is 0 Å². The van der Waals surface area contributed by atoms with E-state index in [1.807, 2.05) is 12.1 Å². The van der Waals surface area contributed by atoms with E-state index >= 15 is 0 Å². The molecule has 0 aliphatic rings. The maximum absolute atomic E-state index is 7.44. The standard InChI is InChI=1S/C16H18N4O2/c1-21-14-8-12(16(19)20)5-6-13(14)22-9-10-3-2-4-11(7-10)15(17)18/h2-8H,9H2,1H3,(H3,17,18)(H3,19,20). The predicted octanol–water partition coefficient (Wildman–Crippen LogP) is 1.84. The minimum Gasteiger partial charge on any atom is -0.493 e. The van der Waals surface area contributed by atoms with E-state index in [2.05, 4.69) is 0 Å². The Kier molecular flexibility index (Phi) is 4.63. The van der Waals surface area contributed by atoms with E-state index in [4.69, 9.17) is 31.8 Å². The predicted molar refractivity (Wildman–Crippen MR) is 85.8 cm³/mol. The Morgan fingerprint density at radius 2 is 1.64 bits per heavy atom. The number of methoxy groups -OCH3 is 1. The molecule has 114 valence electrons. The number of amidine groups is 2. The van der Waals surface area contributed by atoms with Crippen LogP contribution in [-0.4, -0.2) is 18.8 Å². The molecule has 0 bridgehead atoms. The van der Waals surface area contributed by atoms with Gasteiger partial charge in [0.25, 0.3) is 0 Å². The van der Waals surface area contributed by atoms with Gasteiger partial charge < -0.3 is 20.9 Å². The second-order valence-corrected chi connectivity index (χ2v) is 4.68. The quantitative estimate of drug-likeness (QED) is 0.480. The van der Waals surface area contributed by atoms with E-state index in [0.717, 1.165) is 5.56 Å². The molecule has 2 aromatic rings. The zero-order valence-electron chi connectivity index (χ0n) is 12.2. The van der Waals surface area contributed by atoms with Gasteiger partial charge in [-0.25, -0.2) is 0 Å². The molecule has 22 heavy (non-hydrogen) atoms. The van der Waals surface area contributed by atoms with Crippen LogP contribution in [0.3, 0.4) is 0 Å². The van der Waals surface area contributed by atoms with Crippen molar-refractivity contribution in [1.29, 1.82) is 10.8 Å². The van der Waals surface area contributed by atoms with Gasteiger partial charge in [0.05, 0.1) is 7.11 Å². The van der Waals surface area contributed by atoms with Crippen LogP contribution in [-0.2, 0) is 6.61 Å². The fourth-order valence-corrected chi connectivity index (χ4v) is 1.94. The third kappa shape index (κ3) is 3.54. The van der Waals surface area contributed by atoms with E-state index in [1.165, 1.54) is 7.11 Å². The summed E-state index contributed by atoms with van der Waals surface area (Å²) in [5.41, 5.74) is 13.0. The summed E-state index contributed by atoms with van der Waals surface area (Å²) in [7, 11) is 1.53. The maximum Gasteiger partial charge on any atom is 0.161 e. The first kappa shape index (κ1) is 15.4. The lowest BCUT2D eigenvalue weighted by atomic mass is 10.1. The third-order valence-corrected chi connectivity index (χ3v) is 3.11. The smallest absolute Gasteiger partial charge is 0.161 e. The summed E-state index contributed by atoms with van der Waals surface area (Å²) in [6.07, 6.45) is 0. The van der Waals surface area contributed by atoms with Gasteiger partial charge in [-0.05, 0) is 29.8 Å². The lowest BCUT2D eigenvalue weighted by molar-refractivity contribution is 0.284. The molecule has 0 aromatic heterocycles. The molecule has 0 atom stereocenters. The normalized spacial score (nSPS) is 10.0. The maximum atomic E-state index is 7.44. The Bertz CT molecular complexity index is 713. The van der Waals surface area contributed by atoms with Crippen LogP contribution < -0.4 is 20.9 Å². The second-order valence-electron chi connectivity index (χ2n) is 4.68. The monoisotopic (exact) mass is 298 g/mol. The van der Waals surface area contributed by atoms with Crippen molar-refractivity contribution in [2.45, 2.75) is 6.61 Å². The minimum atomic E-state index is -0.0287. The van der Waals surface area contributed by atoms with Crippen LogP contribution in [0, 0.1) is 10.8 Å². The molecule has 0 radical (unpaired) electrons. The van der Waals surface area contributed by atoms with Crippen molar-refractivity contribution in [3.8, 4) is 11.5 Å². The molecule has 0 unspecified atom stereocenters. The highest BCUT2D eigenvalue weighted by atomic mass is 16.5. The van der Waals surface area contributed by atoms with Gasteiger partial charge in [0, 0.05) is 11.1 Å². The van der Waals surface area contributed by atoms with E-state index < -0.39 is 0 Å².